The highest BCUT2D eigenvalue weighted by atomic mass is 16.5. The molecule has 2 saturated heterocycles. The van der Waals surface area contributed by atoms with Gasteiger partial charge in [-0.3, -0.25) is 14.6 Å². The summed E-state index contributed by atoms with van der Waals surface area (Å²) in [6.45, 7) is 11.6. The third-order valence-corrected chi connectivity index (χ3v) is 5.69. The fraction of sp³-hybridized carbons (Fsp3) is 0.545. The van der Waals surface area contributed by atoms with Gasteiger partial charge in [0.15, 0.2) is 5.82 Å². The number of hydrogen-bond donors (Lipinski definition) is 1. The van der Waals surface area contributed by atoms with Crippen molar-refractivity contribution in [3.63, 3.8) is 0 Å². The van der Waals surface area contributed by atoms with Crippen molar-refractivity contribution in [2.45, 2.75) is 26.5 Å². The molecule has 2 aliphatic rings. The van der Waals surface area contributed by atoms with Gasteiger partial charge >= 0.3 is 0 Å². The molecule has 0 saturated carbocycles. The number of rotatable bonds is 6. The Hall–Kier alpha value is -2.42. The largest absolute Gasteiger partial charge is 0.375 e. The van der Waals surface area contributed by atoms with E-state index in [4.69, 9.17) is 9.26 Å². The van der Waals surface area contributed by atoms with Crippen LogP contribution in [0.5, 0.6) is 0 Å². The second-order valence-electron chi connectivity index (χ2n) is 8.18. The molecule has 0 unspecified atom stereocenters. The topological polar surface area (TPSA) is 74.1 Å². The molecule has 0 spiro atoms. The average molecular weight is 414 g/mol. The number of nitrogens with zero attached hydrogens (tertiary/aromatic N) is 4. The second-order valence-corrected chi connectivity index (χ2v) is 8.18. The van der Waals surface area contributed by atoms with Crippen molar-refractivity contribution in [2.75, 3.05) is 62.6 Å². The molecule has 2 aliphatic heterocycles. The van der Waals surface area contributed by atoms with Gasteiger partial charge < -0.3 is 19.5 Å². The summed E-state index contributed by atoms with van der Waals surface area (Å²) in [4.78, 5) is 19.3. The number of para-hydroxylation sites is 1. The molecule has 0 radical (unpaired) electrons. The van der Waals surface area contributed by atoms with Gasteiger partial charge in [0.2, 0.25) is 5.91 Å². The monoisotopic (exact) mass is 413 g/mol. The number of aryl methyl sites for hydroxylation is 1. The summed E-state index contributed by atoms with van der Waals surface area (Å²) in [5.41, 5.74) is 2.68. The summed E-state index contributed by atoms with van der Waals surface area (Å²) in [7, 11) is 0. The number of hydrogen-bond acceptors (Lipinski definition) is 7. The summed E-state index contributed by atoms with van der Waals surface area (Å²) in [5.74, 6) is 1.11. The smallest absolute Gasteiger partial charge is 0.239 e. The van der Waals surface area contributed by atoms with Gasteiger partial charge in [-0.15, -0.1) is 0 Å². The van der Waals surface area contributed by atoms with Gasteiger partial charge in [-0.25, -0.2) is 0 Å². The van der Waals surface area contributed by atoms with Gasteiger partial charge in [0.05, 0.1) is 19.3 Å². The lowest BCUT2D eigenvalue weighted by Crippen LogP contribution is -2.48. The van der Waals surface area contributed by atoms with E-state index in [1.807, 2.05) is 0 Å². The van der Waals surface area contributed by atoms with Crippen LogP contribution in [-0.2, 0) is 16.1 Å². The third-order valence-electron chi connectivity index (χ3n) is 5.69. The van der Waals surface area contributed by atoms with E-state index < -0.39 is 0 Å². The fourth-order valence-corrected chi connectivity index (χ4v) is 4.15. The van der Waals surface area contributed by atoms with Gasteiger partial charge in [-0.2, -0.15) is 0 Å². The lowest BCUT2D eigenvalue weighted by atomic mass is 10.1. The van der Waals surface area contributed by atoms with Crippen molar-refractivity contribution < 1.29 is 14.1 Å². The molecular formula is C22H31N5O3. The molecular weight excluding hydrogens is 382 g/mol. The normalized spacial score (nSPS) is 21.0. The Morgan fingerprint density at radius 1 is 1.17 bits per heavy atom. The predicted molar refractivity (Wildman–Crippen MR) is 116 cm³/mol. The van der Waals surface area contributed by atoms with Crippen LogP contribution in [0.25, 0.3) is 0 Å². The zero-order chi connectivity index (χ0) is 20.9. The molecule has 1 N–H and O–H groups in total. The molecule has 0 bridgehead atoms. The minimum atomic E-state index is -0.0523. The molecule has 2 aromatic rings. The highest BCUT2D eigenvalue weighted by Gasteiger charge is 2.23. The quantitative estimate of drug-likeness (QED) is 0.776. The Bertz CT molecular complexity index is 847. The Labute approximate surface area is 177 Å². The third kappa shape index (κ3) is 5.38. The summed E-state index contributed by atoms with van der Waals surface area (Å²) < 4.78 is 10.7. The number of carbonyl (C=O) groups excluding carboxylic acids is 1. The van der Waals surface area contributed by atoms with Crippen LogP contribution in [0.3, 0.4) is 0 Å². The van der Waals surface area contributed by atoms with Gasteiger partial charge in [0.1, 0.15) is 5.76 Å². The first kappa shape index (κ1) is 20.8. The maximum absolute atomic E-state index is 12.2. The molecule has 3 heterocycles. The molecule has 1 atom stereocenters. The van der Waals surface area contributed by atoms with Crippen molar-refractivity contribution in [3.8, 4) is 0 Å². The van der Waals surface area contributed by atoms with E-state index in [-0.39, 0.29) is 12.0 Å². The summed E-state index contributed by atoms with van der Waals surface area (Å²) >= 11 is 0. The van der Waals surface area contributed by atoms with E-state index in [9.17, 15) is 4.79 Å². The molecule has 8 heteroatoms. The van der Waals surface area contributed by atoms with E-state index in [0.29, 0.717) is 18.1 Å². The van der Waals surface area contributed by atoms with Gasteiger partial charge in [0, 0.05) is 57.6 Å². The lowest BCUT2D eigenvalue weighted by Gasteiger charge is -2.37. The standard InChI is InChI=1S/C22H31N5O3/c1-17-13-21(24-30-17)23-22(28)16-26-9-7-25(8-10-26)15-19-5-3-4-6-20(19)27-11-12-29-18(2)14-27/h3-6,13,18H,7-12,14-16H2,1-2H3,(H,23,24,28)/t18-/m1/s1. The molecule has 162 valence electrons. The maximum Gasteiger partial charge on any atom is 0.239 e. The minimum Gasteiger partial charge on any atom is -0.375 e. The first-order valence-corrected chi connectivity index (χ1v) is 10.7. The summed E-state index contributed by atoms with van der Waals surface area (Å²) in [5, 5.41) is 6.61. The minimum absolute atomic E-state index is 0.0523. The Morgan fingerprint density at radius 2 is 1.93 bits per heavy atom. The highest BCUT2D eigenvalue weighted by Crippen LogP contribution is 2.24. The van der Waals surface area contributed by atoms with Crippen molar-refractivity contribution in [1.29, 1.82) is 0 Å². The second kappa shape index (κ2) is 9.59. The number of nitrogens with one attached hydrogen (secondary N) is 1. The van der Waals surface area contributed by atoms with Crippen LogP contribution < -0.4 is 10.2 Å². The lowest BCUT2D eigenvalue weighted by molar-refractivity contribution is -0.117. The van der Waals surface area contributed by atoms with E-state index in [1.54, 1.807) is 13.0 Å². The molecule has 1 amide bonds. The SMILES string of the molecule is Cc1cc(NC(=O)CN2CCN(Cc3ccccc3N3CCO[C@H](C)C3)CC2)no1. The van der Waals surface area contributed by atoms with Crippen LogP contribution in [0.15, 0.2) is 34.9 Å². The number of aromatic nitrogens is 1. The number of ether oxygens (including phenoxy) is 1. The Kier molecular flexibility index (Phi) is 6.66. The van der Waals surface area contributed by atoms with Gasteiger partial charge in [-0.05, 0) is 25.5 Å². The fourth-order valence-electron chi connectivity index (χ4n) is 4.15. The molecule has 8 nitrogen and oxygen atoms in total. The molecule has 1 aromatic heterocycles. The van der Waals surface area contributed by atoms with Crippen LogP contribution in [0.4, 0.5) is 11.5 Å². The Morgan fingerprint density at radius 3 is 2.67 bits per heavy atom. The van der Waals surface area contributed by atoms with E-state index in [2.05, 4.69) is 56.4 Å². The zero-order valence-corrected chi connectivity index (χ0v) is 17.8. The van der Waals surface area contributed by atoms with Crippen LogP contribution in [0.1, 0.15) is 18.2 Å². The predicted octanol–water partition coefficient (Wildman–Crippen LogP) is 1.96. The number of morpholine rings is 1. The Balaban J connectivity index is 1.27. The number of amides is 1. The summed E-state index contributed by atoms with van der Waals surface area (Å²) in [6.07, 6.45) is 0.266. The van der Waals surface area contributed by atoms with Crippen molar-refractivity contribution in [2.24, 2.45) is 0 Å². The molecule has 1 aromatic carbocycles. The van der Waals surface area contributed by atoms with E-state index in [0.717, 1.165) is 52.4 Å². The van der Waals surface area contributed by atoms with Crippen LogP contribution in [0, 0.1) is 6.92 Å². The number of benzene rings is 1. The maximum atomic E-state index is 12.2. The zero-order valence-electron chi connectivity index (χ0n) is 17.8. The number of carbonyl (C=O) groups is 1. The van der Waals surface area contributed by atoms with Crippen LogP contribution in [-0.4, -0.2) is 79.4 Å². The van der Waals surface area contributed by atoms with E-state index in [1.165, 1.54) is 11.3 Å². The first-order chi connectivity index (χ1) is 14.6. The van der Waals surface area contributed by atoms with E-state index >= 15 is 0 Å². The van der Waals surface area contributed by atoms with Crippen molar-refractivity contribution in [3.05, 3.63) is 41.7 Å². The molecule has 4 rings (SSSR count). The highest BCUT2D eigenvalue weighted by molar-refractivity contribution is 5.91. The van der Waals surface area contributed by atoms with Crippen molar-refractivity contribution in [1.82, 2.24) is 15.0 Å². The van der Waals surface area contributed by atoms with Crippen LogP contribution in [0.2, 0.25) is 0 Å². The van der Waals surface area contributed by atoms with Gasteiger partial charge in [-0.1, -0.05) is 23.4 Å². The molecule has 30 heavy (non-hydrogen) atoms. The average Bonchev–Trinajstić information content (AvgIpc) is 3.14. The van der Waals surface area contributed by atoms with Gasteiger partial charge in [0.25, 0.3) is 0 Å². The molecule has 2 fully saturated rings. The van der Waals surface area contributed by atoms with Crippen LogP contribution >= 0.6 is 0 Å². The van der Waals surface area contributed by atoms with Crippen molar-refractivity contribution >= 4 is 17.4 Å². The summed E-state index contributed by atoms with van der Waals surface area (Å²) in [6, 6.07) is 10.4. The first-order valence-electron chi connectivity index (χ1n) is 10.7. The number of anilines is 2. The molecule has 0 aliphatic carbocycles. The number of piperazine rings is 1.